The normalized spacial score (nSPS) is 10.8. The molecule has 0 aliphatic rings. The van der Waals surface area contributed by atoms with Gasteiger partial charge in [0.15, 0.2) is 0 Å². The van der Waals surface area contributed by atoms with E-state index in [1.54, 1.807) is 0 Å². The van der Waals surface area contributed by atoms with Crippen molar-refractivity contribution in [2.75, 3.05) is 0 Å². The average Bonchev–Trinajstić information content (AvgIpc) is 2.57. The topological polar surface area (TPSA) is 43.8 Å². The molecular weight excluding hydrogens is 222 g/mol. The third kappa shape index (κ3) is 1.84. The minimum Gasteiger partial charge on any atom is -0.326 e. The number of rotatable bonds is 2. The minimum atomic E-state index is 0.410. The Bertz CT molecular complexity index is 517. The van der Waals surface area contributed by atoms with Crippen LogP contribution in [0, 0.1) is 13.8 Å². The fraction of sp³-hybridized carbons (Fsp3) is 0.250. The van der Waals surface area contributed by atoms with Crippen LogP contribution in [0.2, 0.25) is 5.02 Å². The molecule has 0 unspecified atom stereocenters. The zero-order chi connectivity index (χ0) is 11.7. The van der Waals surface area contributed by atoms with Gasteiger partial charge in [0, 0.05) is 22.8 Å². The van der Waals surface area contributed by atoms with E-state index in [0.717, 1.165) is 22.6 Å². The van der Waals surface area contributed by atoms with Gasteiger partial charge < -0.3 is 5.73 Å². The zero-order valence-corrected chi connectivity index (χ0v) is 10.1. The molecule has 0 aliphatic heterocycles. The molecule has 2 N–H and O–H groups in total. The lowest BCUT2D eigenvalue weighted by Gasteiger charge is -2.11. The van der Waals surface area contributed by atoms with Gasteiger partial charge in [0.05, 0.1) is 11.4 Å². The zero-order valence-electron chi connectivity index (χ0n) is 9.37. The van der Waals surface area contributed by atoms with E-state index in [9.17, 15) is 0 Å². The summed E-state index contributed by atoms with van der Waals surface area (Å²) in [6, 6.07) is 7.76. The highest BCUT2D eigenvalue weighted by Crippen LogP contribution is 2.23. The number of hydrogen-bond donors (Lipinski definition) is 1. The lowest BCUT2D eigenvalue weighted by atomic mass is 10.1. The monoisotopic (exact) mass is 235 g/mol. The molecule has 84 valence electrons. The summed E-state index contributed by atoms with van der Waals surface area (Å²) >= 11 is 6.12. The molecule has 0 saturated carbocycles. The molecule has 2 aromatic rings. The molecule has 0 bridgehead atoms. The Balaban J connectivity index is 2.64. The van der Waals surface area contributed by atoms with Gasteiger partial charge in [0.1, 0.15) is 0 Å². The Kier molecular flexibility index (Phi) is 2.99. The molecule has 0 aliphatic carbocycles. The van der Waals surface area contributed by atoms with E-state index in [1.165, 1.54) is 0 Å². The van der Waals surface area contributed by atoms with Gasteiger partial charge in [-0.2, -0.15) is 5.10 Å². The van der Waals surface area contributed by atoms with Crippen molar-refractivity contribution in [2.24, 2.45) is 5.73 Å². The van der Waals surface area contributed by atoms with Gasteiger partial charge in [-0.3, -0.25) is 0 Å². The first-order chi connectivity index (χ1) is 7.63. The maximum atomic E-state index is 6.12. The van der Waals surface area contributed by atoms with Gasteiger partial charge in [-0.05, 0) is 32.0 Å². The first-order valence-electron chi connectivity index (χ1n) is 5.14. The van der Waals surface area contributed by atoms with Gasteiger partial charge >= 0.3 is 0 Å². The highest BCUT2D eigenvalue weighted by Gasteiger charge is 2.10. The Morgan fingerprint density at radius 1 is 1.38 bits per heavy atom. The van der Waals surface area contributed by atoms with Crippen molar-refractivity contribution >= 4 is 11.6 Å². The standard InChI is InChI=1S/C12H14ClN3/c1-8-6-9(2)16(15-8)12-5-3-4-11(13)10(12)7-14/h3-6H,7,14H2,1-2H3. The van der Waals surface area contributed by atoms with Crippen molar-refractivity contribution in [2.45, 2.75) is 20.4 Å². The summed E-state index contributed by atoms with van der Waals surface area (Å²) in [4.78, 5) is 0. The number of nitrogens with two attached hydrogens (primary N) is 1. The van der Waals surface area contributed by atoms with Crippen molar-refractivity contribution < 1.29 is 0 Å². The second-order valence-electron chi connectivity index (χ2n) is 3.78. The highest BCUT2D eigenvalue weighted by atomic mass is 35.5. The Labute approximate surface area is 99.8 Å². The fourth-order valence-corrected chi connectivity index (χ4v) is 2.07. The van der Waals surface area contributed by atoms with E-state index >= 15 is 0 Å². The molecule has 1 aromatic heterocycles. The quantitative estimate of drug-likeness (QED) is 0.870. The van der Waals surface area contributed by atoms with Gasteiger partial charge in [-0.25, -0.2) is 4.68 Å². The van der Waals surface area contributed by atoms with E-state index in [0.29, 0.717) is 11.6 Å². The minimum absolute atomic E-state index is 0.410. The maximum absolute atomic E-state index is 6.12. The van der Waals surface area contributed by atoms with Crippen LogP contribution in [-0.4, -0.2) is 9.78 Å². The molecule has 0 fully saturated rings. The van der Waals surface area contributed by atoms with Crippen LogP contribution < -0.4 is 5.73 Å². The van der Waals surface area contributed by atoms with Crippen LogP contribution in [0.5, 0.6) is 0 Å². The lowest BCUT2D eigenvalue weighted by Crippen LogP contribution is -2.07. The number of halogens is 1. The number of aryl methyl sites for hydroxylation is 2. The van der Waals surface area contributed by atoms with Crippen molar-refractivity contribution in [3.63, 3.8) is 0 Å². The predicted octanol–water partition coefficient (Wildman–Crippen LogP) is 2.60. The molecule has 0 atom stereocenters. The third-order valence-corrected chi connectivity index (χ3v) is 2.89. The molecule has 16 heavy (non-hydrogen) atoms. The maximum Gasteiger partial charge on any atom is 0.0708 e. The Morgan fingerprint density at radius 3 is 2.69 bits per heavy atom. The number of benzene rings is 1. The van der Waals surface area contributed by atoms with Crippen molar-refractivity contribution in [3.05, 3.63) is 46.2 Å². The molecule has 2 rings (SSSR count). The molecule has 1 aromatic carbocycles. The van der Waals surface area contributed by atoms with Crippen LogP contribution in [0.25, 0.3) is 5.69 Å². The van der Waals surface area contributed by atoms with E-state index in [1.807, 2.05) is 42.8 Å². The summed E-state index contributed by atoms with van der Waals surface area (Å²) in [5.41, 5.74) is 9.67. The summed E-state index contributed by atoms with van der Waals surface area (Å²) < 4.78 is 1.88. The number of aromatic nitrogens is 2. The Hall–Kier alpha value is -1.32. The van der Waals surface area contributed by atoms with Crippen LogP contribution in [0.4, 0.5) is 0 Å². The fourth-order valence-electron chi connectivity index (χ4n) is 1.82. The van der Waals surface area contributed by atoms with Crippen molar-refractivity contribution in [1.29, 1.82) is 0 Å². The summed E-state index contributed by atoms with van der Waals surface area (Å²) in [7, 11) is 0. The molecule has 0 amide bonds. The first-order valence-corrected chi connectivity index (χ1v) is 5.52. The van der Waals surface area contributed by atoms with E-state index < -0.39 is 0 Å². The summed E-state index contributed by atoms with van der Waals surface area (Å²) in [5, 5.41) is 5.12. The third-order valence-electron chi connectivity index (χ3n) is 2.54. The van der Waals surface area contributed by atoms with Crippen molar-refractivity contribution in [1.82, 2.24) is 9.78 Å². The summed E-state index contributed by atoms with van der Waals surface area (Å²) in [5.74, 6) is 0. The summed E-state index contributed by atoms with van der Waals surface area (Å²) in [6.07, 6.45) is 0. The van der Waals surface area contributed by atoms with Crippen LogP contribution in [0.1, 0.15) is 17.0 Å². The van der Waals surface area contributed by atoms with Gasteiger partial charge in [0.25, 0.3) is 0 Å². The molecule has 4 heteroatoms. The molecule has 0 radical (unpaired) electrons. The second kappa shape index (κ2) is 4.28. The van der Waals surface area contributed by atoms with Gasteiger partial charge in [0.2, 0.25) is 0 Å². The van der Waals surface area contributed by atoms with E-state index in [4.69, 9.17) is 17.3 Å². The molecule has 0 saturated heterocycles. The highest BCUT2D eigenvalue weighted by molar-refractivity contribution is 6.31. The van der Waals surface area contributed by atoms with Crippen LogP contribution >= 0.6 is 11.6 Å². The van der Waals surface area contributed by atoms with Crippen LogP contribution in [-0.2, 0) is 6.54 Å². The van der Waals surface area contributed by atoms with Gasteiger partial charge in [-0.1, -0.05) is 17.7 Å². The number of nitrogens with zero attached hydrogens (tertiary/aromatic N) is 2. The SMILES string of the molecule is Cc1cc(C)n(-c2cccc(Cl)c2CN)n1. The molecule has 0 spiro atoms. The second-order valence-corrected chi connectivity index (χ2v) is 4.19. The van der Waals surface area contributed by atoms with Crippen LogP contribution in [0.3, 0.4) is 0 Å². The molecule has 3 nitrogen and oxygen atoms in total. The predicted molar refractivity (Wildman–Crippen MR) is 65.9 cm³/mol. The van der Waals surface area contributed by atoms with Crippen molar-refractivity contribution in [3.8, 4) is 5.69 Å². The number of hydrogen-bond acceptors (Lipinski definition) is 2. The average molecular weight is 236 g/mol. The molecule has 1 heterocycles. The lowest BCUT2D eigenvalue weighted by molar-refractivity contribution is 0.818. The van der Waals surface area contributed by atoms with E-state index in [2.05, 4.69) is 5.10 Å². The largest absolute Gasteiger partial charge is 0.326 e. The van der Waals surface area contributed by atoms with E-state index in [-0.39, 0.29) is 0 Å². The first kappa shape index (κ1) is 11.2. The molecular formula is C12H14ClN3. The van der Waals surface area contributed by atoms with Gasteiger partial charge in [-0.15, -0.1) is 0 Å². The smallest absolute Gasteiger partial charge is 0.0708 e. The summed E-state index contributed by atoms with van der Waals surface area (Å²) in [6.45, 7) is 4.39. The van der Waals surface area contributed by atoms with Crippen LogP contribution in [0.15, 0.2) is 24.3 Å². The Morgan fingerprint density at radius 2 is 2.12 bits per heavy atom.